The van der Waals surface area contributed by atoms with Crippen LogP contribution >= 0.6 is 0 Å². The molecule has 0 aliphatic carbocycles. The van der Waals surface area contributed by atoms with E-state index in [0.29, 0.717) is 0 Å². The molecule has 0 aliphatic heterocycles. The minimum atomic E-state index is -0.587. The van der Waals surface area contributed by atoms with Gasteiger partial charge in [-0.15, -0.1) is 0 Å². The first-order valence-electron chi connectivity index (χ1n) is 7.41. The van der Waals surface area contributed by atoms with Crippen molar-refractivity contribution in [2.45, 2.75) is 39.3 Å². The van der Waals surface area contributed by atoms with Crippen molar-refractivity contribution in [3.63, 3.8) is 0 Å². The van der Waals surface area contributed by atoms with Gasteiger partial charge in [-0.3, -0.25) is 4.79 Å². The van der Waals surface area contributed by atoms with Crippen LogP contribution in [0.5, 0.6) is 0 Å². The average Bonchev–Trinajstić information content (AvgIpc) is 2.52. The van der Waals surface area contributed by atoms with Crippen molar-refractivity contribution >= 4 is 11.9 Å². The van der Waals surface area contributed by atoms with E-state index in [2.05, 4.69) is 27.8 Å². The van der Waals surface area contributed by atoms with E-state index in [0.717, 1.165) is 12.0 Å². The molecule has 2 atom stereocenters. The van der Waals surface area contributed by atoms with E-state index < -0.39 is 12.1 Å². The molecule has 3 N–H and O–H groups in total. The van der Waals surface area contributed by atoms with Crippen molar-refractivity contribution in [2.75, 3.05) is 6.54 Å². The van der Waals surface area contributed by atoms with Gasteiger partial charge in [0.1, 0.15) is 6.04 Å². The Morgan fingerprint density at radius 3 is 2.45 bits per heavy atom. The predicted octanol–water partition coefficient (Wildman–Crippen LogP) is 1.64. The van der Waals surface area contributed by atoms with E-state index in [-0.39, 0.29) is 18.5 Å². The third-order valence-electron chi connectivity index (χ3n) is 3.09. The maximum atomic E-state index is 11.8. The number of hydrogen-bond donors (Lipinski definition) is 3. The molecule has 0 heterocycles. The second-order valence-corrected chi connectivity index (χ2v) is 5.03. The predicted molar refractivity (Wildman–Crippen MR) is 87.2 cm³/mol. The average molecular weight is 301 g/mol. The summed E-state index contributed by atoms with van der Waals surface area (Å²) in [5, 5.41) is 7.99. The van der Waals surface area contributed by atoms with Gasteiger partial charge in [-0.25, -0.2) is 4.79 Å². The molecular formula is C17H23N3O2. The number of amides is 3. The SMILES string of the molecule is CC[C@@H](C)NC(=O)[C@@H](C)NC(=O)NCC#Cc1ccccc1. The molecule has 118 valence electrons. The van der Waals surface area contributed by atoms with E-state index in [1.807, 2.05) is 44.2 Å². The van der Waals surface area contributed by atoms with Crippen LogP contribution in [0, 0.1) is 11.8 Å². The summed E-state index contributed by atoms with van der Waals surface area (Å²) in [5.41, 5.74) is 0.894. The monoisotopic (exact) mass is 301 g/mol. The van der Waals surface area contributed by atoms with Gasteiger partial charge in [0.2, 0.25) is 5.91 Å². The molecule has 0 unspecified atom stereocenters. The van der Waals surface area contributed by atoms with Gasteiger partial charge in [0.05, 0.1) is 6.54 Å². The number of rotatable bonds is 5. The second kappa shape index (κ2) is 9.46. The molecule has 0 saturated carbocycles. The normalized spacial score (nSPS) is 12.3. The number of carbonyl (C=O) groups is 2. The van der Waals surface area contributed by atoms with Gasteiger partial charge in [0.15, 0.2) is 0 Å². The second-order valence-electron chi connectivity index (χ2n) is 5.03. The van der Waals surface area contributed by atoms with Crippen LogP contribution in [0.1, 0.15) is 32.8 Å². The molecule has 1 rings (SSSR count). The van der Waals surface area contributed by atoms with Crippen LogP contribution in [0.25, 0.3) is 0 Å². The fourth-order valence-electron chi connectivity index (χ4n) is 1.58. The standard InChI is InChI=1S/C17H23N3O2/c1-4-13(2)19-16(21)14(3)20-17(22)18-12-8-11-15-9-6-5-7-10-15/h5-7,9-10,13-14H,4,12H2,1-3H3,(H,19,21)(H2,18,20,22)/t13-,14-/m1/s1. The van der Waals surface area contributed by atoms with E-state index in [1.54, 1.807) is 6.92 Å². The van der Waals surface area contributed by atoms with E-state index in [4.69, 9.17) is 0 Å². The fraction of sp³-hybridized carbons (Fsp3) is 0.412. The zero-order valence-corrected chi connectivity index (χ0v) is 13.3. The largest absolute Gasteiger partial charge is 0.352 e. The van der Waals surface area contributed by atoms with Crippen molar-refractivity contribution in [3.8, 4) is 11.8 Å². The van der Waals surface area contributed by atoms with E-state index in [1.165, 1.54) is 0 Å². The third kappa shape index (κ3) is 6.80. The molecule has 0 aromatic heterocycles. The Kier molecular flexibility index (Phi) is 7.55. The van der Waals surface area contributed by atoms with Crippen molar-refractivity contribution in [1.29, 1.82) is 0 Å². The Morgan fingerprint density at radius 1 is 1.14 bits per heavy atom. The molecule has 1 aromatic carbocycles. The van der Waals surface area contributed by atoms with Gasteiger partial charge >= 0.3 is 6.03 Å². The van der Waals surface area contributed by atoms with Crippen LogP contribution in [-0.4, -0.2) is 30.6 Å². The molecule has 0 spiro atoms. The zero-order valence-electron chi connectivity index (χ0n) is 13.3. The smallest absolute Gasteiger partial charge is 0.316 e. The van der Waals surface area contributed by atoms with Crippen LogP contribution in [0.15, 0.2) is 30.3 Å². The Bertz CT molecular complexity index is 546. The molecule has 5 heteroatoms. The summed E-state index contributed by atoms with van der Waals surface area (Å²) in [5.74, 6) is 5.60. The Morgan fingerprint density at radius 2 is 1.82 bits per heavy atom. The summed E-state index contributed by atoms with van der Waals surface area (Å²) in [6, 6.07) is 8.62. The van der Waals surface area contributed by atoms with Crippen LogP contribution in [0.4, 0.5) is 4.79 Å². The highest BCUT2D eigenvalue weighted by Crippen LogP contribution is 1.94. The number of carbonyl (C=O) groups excluding carboxylic acids is 2. The molecular weight excluding hydrogens is 278 g/mol. The zero-order chi connectivity index (χ0) is 16.4. The molecule has 0 aliphatic rings. The number of hydrogen-bond acceptors (Lipinski definition) is 2. The van der Waals surface area contributed by atoms with Crippen molar-refractivity contribution < 1.29 is 9.59 Å². The summed E-state index contributed by atoms with van der Waals surface area (Å²) in [6.07, 6.45) is 0.847. The lowest BCUT2D eigenvalue weighted by Crippen LogP contribution is -2.50. The van der Waals surface area contributed by atoms with E-state index >= 15 is 0 Å². The van der Waals surface area contributed by atoms with E-state index in [9.17, 15) is 9.59 Å². The summed E-state index contributed by atoms with van der Waals surface area (Å²) in [7, 11) is 0. The molecule has 1 aromatic rings. The molecule has 22 heavy (non-hydrogen) atoms. The number of benzene rings is 1. The van der Waals surface area contributed by atoms with Crippen LogP contribution in [-0.2, 0) is 4.79 Å². The lowest BCUT2D eigenvalue weighted by Gasteiger charge is -2.17. The topological polar surface area (TPSA) is 70.2 Å². The van der Waals surface area contributed by atoms with Crippen molar-refractivity contribution in [1.82, 2.24) is 16.0 Å². The first-order valence-corrected chi connectivity index (χ1v) is 7.41. The third-order valence-corrected chi connectivity index (χ3v) is 3.09. The fourth-order valence-corrected chi connectivity index (χ4v) is 1.58. The molecule has 3 amide bonds. The summed E-state index contributed by atoms with van der Waals surface area (Å²) in [6.45, 7) is 5.78. The van der Waals surface area contributed by atoms with Crippen molar-refractivity contribution in [2.24, 2.45) is 0 Å². The molecule has 0 bridgehead atoms. The molecule has 0 fully saturated rings. The number of urea groups is 1. The maximum absolute atomic E-state index is 11.8. The molecule has 0 saturated heterocycles. The Labute approximate surface area is 131 Å². The van der Waals surface area contributed by atoms with Gasteiger partial charge in [-0.2, -0.15) is 0 Å². The highest BCUT2D eigenvalue weighted by molar-refractivity contribution is 5.86. The minimum Gasteiger partial charge on any atom is -0.352 e. The highest BCUT2D eigenvalue weighted by atomic mass is 16.2. The van der Waals surface area contributed by atoms with Gasteiger partial charge in [0.25, 0.3) is 0 Å². The summed E-state index contributed by atoms with van der Waals surface area (Å²) >= 11 is 0. The van der Waals surface area contributed by atoms with Crippen LogP contribution < -0.4 is 16.0 Å². The van der Waals surface area contributed by atoms with Gasteiger partial charge in [-0.1, -0.05) is 37.0 Å². The lowest BCUT2D eigenvalue weighted by atomic mass is 10.2. The summed E-state index contributed by atoms with van der Waals surface area (Å²) in [4.78, 5) is 23.4. The lowest BCUT2D eigenvalue weighted by molar-refractivity contribution is -0.123. The summed E-state index contributed by atoms with van der Waals surface area (Å²) < 4.78 is 0. The van der Waals surface area contributed by atoms with Crippen LogP contribution in [0.3, 0.4) is 0 Å². The first-order chi connectivity index (χ1) is 10.5. The van der Waals surface area contributed by atoms with Gasteiger partial charge in [-0.05, 0) is 32.4 Å². The van der Waals surface area contributed by atoms with Gasteiger partial charge in [0, 0.05) is 11.6 Å². The molecule has 5 nitrogen and oxygen atoms in total. The van der Waals surface area contributed by atoms with Gasteiger partial charge < -0.3 is 16.0 Å². The van der Waals surface area contributed by atoms with Crippen LogP contribution in [0.2, 0.25) is 0 Å². The highest BCUT2D eigenvalue weighted by Gasteiger charge is 2.16. The maximum Gasteiger partial charge on any atom is 0.316 e. The van der Waals surface area contributed by atoms with Crippen molar-refractivity contribution in [3.05, 3.63) is 35.9 Å². The first kappa shape index (κ1) is 17.6. The number of nitrogens with one attached hydrogen (secondary N) is 3. The Balaban J connectivity index is 2.31. The quantitative estimate of drug-likeness (QED) is 0.724. The molecule has 0 radical (unpaired) electrons. The minimum absolute atomic E-state index is 0.0940. The Hall–Kier alpha value is -2.48.